The Kier molecular flexibility index (Phi) is 6.71. The summed E-state index contributed by atoms with van der Waals surface area (Å²) >= 11 is 0. The minimum Gasteiger partial charge on any atom is -0.367 e. The zero-order valence-electron chi connectivity index (χ0n) is 16.3. The summed E-state index contributed by atoms with van der Waals surface area (Å²) < 4.78 is 0. The lowest BCUT2D eigenvalue weighted by Gasteiger charge is -2.36. The number of carbonyl (C=O) groups is 1. The average molecular weight is 367 g/mol. The number of amides is 2. The van der Waals surface area contributed by atoms with Crippen LogP contribution in [0.5, 0.6) is 0 Å². The fourth-order valence-electron chi connectivity index (χ4n) is 3.47. The first-order valence-electron chi connectivity index (χ1n) is 9.83. The van der Waals surface area contributed by atoms with Crippen LogP contribution < -0.4 is 15.5 Å². The molecule has 0 saturated carbocycles. The Balaban J connectivity index is 1.57. The van der Waals surface area contributed by atoms with Gasteiger partial charge in [-0.15, -0.1) is 0 Å². The molecule has 0 aromatic heterocycles. The van der Waals surface area contributed by atoms with Gasteiger partial charge in [-0.2, -0.15) is 0 Å². The summed E-state index contributed by atoms with van der Waals surface area (Å²) in [6.07, 6.45) is 0. The van der Waals surface area contributed by atoms with E-state index in [-0.39, 0.29) is 11.9 Å². The van der Waals surface area contributed by atoms with Crippen molar-refractivity contribution in [2.45, 2.75) is 19.8 Å². The molecule has 2 aromatic carbocycles. The monoisotopic (exact) mass is 366 g/mol. The van der Waals surface area contributed by atoms with Gasteiger partial charge < -0.3 is 20.4 Å². The van der Waals surface area contributed by atoms with Gasteiger partial charge in [0.2, 0.25) is 0 Å². The first-order valence-corrected chi connectivity index (χ1v) is 9.83. The largest absolute Gasteiger partial charge is 0.367 e. The van der Waals surface area contributed by atoms with Crippen LogP contribution in [0.25, 0.3) is 0 Å². The minimum absolute atomic E-state index is 0.155. The quantitative estimate of drug-likeness (QED) is 0.818. The number of hydrogen-bond donors (Lipinski definition) is 2. The lowest BCUT2D eigenvalue weighted by atomic mass is 10.0. The molecule has 2 aromatic rings. The molecule has 2 N–H and O–H groups in total. The Morgan fingerprint density at radius 1 is 1.00 bits per heavy atom. The van der Waals surface area contributed by atoms with Crippen molar-refractivity contribution in [2.75, 3.05) is 49.5 Å². The number of piperazine rings is 1. The van der Waals surface area contributed by atoms with Crippen LogP contribution in [0.1, 0.15) is 25.3 Å². The fraction of sp³-hybridized carbons (Fsp3) is 0.409. The predicted molar refractivity (Wildman–Crippen MR) is 113 cm³/mol. The number of hydrogen-bond acceptors (Lipinski definition) is 3. The van der Waals surface area contributed by atoms with E-state index in [1.54, 1.807) is 0 Å². The highest BCUT2D eigenvalue weighted by molar-refractivity contribution is 5.93. The lowest BCUT2D eigenvalue weighted by Crippen LogP contribution is -2.46. The summed E-state index contributed by atoms with van der Waals surface area (Å²) in [5.74, 6) is 0.273. The van der Waals surface area contributed by atoms with Gasteiger partial charge in [0, 0.05) is 32.7 Å². The Morgan fingerprint density at radius 3 is 2.37 bits per heavy atom. The molecule has 0 bridgehead atoms. The van der Waals surface area contributed by atoms with Crippen molar-refractivity contribution >= 4 is 17.4 Å². The molecule has 1 aliphatic rings. The van der Waals surface area contributed by atoms with Gasteiger partial charge in [-0.25, -0.2) is 4.79 Å². The third kappa shape index (κ3) is 5.23. The second kappa shape index (κ2) is 9.42. The van der Waals surface area contributed by atoms with Gasteiger partial charge in [0.15, 0.2) is 0 Å². The Labute approximate surface area is 162 Å². The van der Waals surface area contributed by atoms with Gasteiger partial charge in [-0.1, -0.05) is 56.3 Å². The highest BCUT2D eigenvalue weighted by atomic mass is 16.2. The molecule has 27 heavy (non-hydrogen) atoms. The van der Waals surface area contributed by atoms with E-state index in [1.165, 1.54) is 5.56 Å². The smallest absolute Gasteiger partial charge is 0.319 e. The maximum absolute atomic E-state index is 12.4. The van der Waals surface area contributed by atoms with E-state index in [0.717, 1.165) is 44.1 Å². The number of benzene rings is 2. The third-order valence-electron chi connectivity index (χ3n) is 5.25. The molecule has 1 saturated heterocycles. The number of nitrogens with zero attached hydrogens (tertiary/aromatic N) is 2. The van der Waals surface area contributed by atoms with Crippen molar-refractivity contribution < 1.29 is 4.79 Å². The summed E-state index contributed by atoms with van der Waals surface area (Å²) in [5, 5.41) is 6.03. The molecule has 1 atom stereocenters. The van der Waals surface area contributed by atoms with Crippen LogP contribution in [0.3, 0.4) is 0 Å². The molecule has 5 nitrogen and oxygen atoms in total. The Hall–Kier alpha value is -2.53. The van der Waals surface area contributed by atoms with Crippen LogP contribution in [-0.4, -0.2) is 50.2 Å². The summed E-state index contributed by atoms with van der Waals surface area (Å²) in [5.41, 5.74) is 3.19. The van der Waals surface area contributed by atoms with Crippen molar-refractivity contribution in [3.8, 4) is 0 Å². The maximum Gasteiger partial charge on any atom is 0.319 e. The Morgan fingerprint density at radius 2 is 1.67 bits per heavy atom. The second-order valence-corrected chi connectivity index (χ2v) is 7.09. The van der Waals surface area contributed by atoms with E-state index in [4.69, 9.17) is 0 Å². The van der Waals surface area contributed by atoms with Crippen LogP contribution in [-0.2, 0) is 0 Å². The van der Waals surface area contributed by atoms with Crippen LogP contribution in [0.4, 0.5) is 16.2 Å². The van der Waals surface area contributed by atoms with Crippen molar-refractivity contribution in [3.63, 3.8) is 0 Å². The summed E-state index contributed by atoms with van der Waals surface area (Å²) in [7, 11) is 0. The van der Waals surface area contributed by atoms with Crippen molar-refractivity contribution in [1.82, 2.24) is 10.2 Å². The van der Waals surface area contributed by atoms with E-state index in [2.05, 4.69) is 52.5 Å². The Bertz CT molecular complexity index is 726. The molecular formula is C22H30N4O. The molecule has 144 valence electrons. The number of para-hydroxylation sites is 2. The summed E-state index contributed by atoms with van der Waals surface area (Å²) in [6, 6.07) is 18.2. The molecule has 1 heterocycles. The van der Waals surface area contributed by atoms with Gasteiger partial charge in [0.1, 0.15) is 0 Å². The summed E-state index contributed by atoms with van der Waals surface area (Å²) in [6.45, 7) is 10.1. The van der Waals surface area contributed by atoms with Gasteiger partial charge >= 0.3 is 6.03 Å². The molecule has 0 unspecified atom stereocenters. The number of rotatable bonds is 6. The standard InChI is InChI=1S/C22H30N4O/c1-3-25-13-15-26(16-14-25)21-12-8-7-11-20(21)24-22(27)23-17-18(2)19-9-5-4-6-10-19/h4-12,18H,3,13-17H2,1-2H3,(H2,23,24,27)/t18-/m0/s1. The summed E-state index contributed by atoms with van der Waals surface area (Å²) in [4.78, 5) is 17.2. The minimum atomic E-state index is -0.155. The predicted octanol–water partition coefficient (Wildman–Crippen LogP) is 3.75. The zero-order valence-corrected chi connectivity index (χ0v) is 16.3. The van der Waals surface area contributed by atoms with Gasteiger partial charge in [0.25, 0.3) is 0 Å². The van der Waals surface area contributed by atoms with E-state index in [1.807, 2.05) is 36.4 Å². The van der Waals surface area contributed by atoms with E-state index < -0.39 is 0 Å². The van der Waals surface area contributed by atoms with Crippen molar-refractivity contribution in [2.24, 2.45) is 0 Å². The van der Waals surface area contributed by atoms with E-state index in [0.29, 0.717) is 6.54 Å². The molecule has 1 aliphatic heterocycles. The number of likely N-dealkylation sites (N-methyl/N-ethyl adjacent to an activating group) is 1. The van der Waals surface area contributed by atoms with Crippen molar-refractivity contribution in [1.29, 1.82) is 0 Å². The lowest BCUT2D eigenvalue weighted by molar-refractivity contribution is 0.251. The number of carbonyl (C=O) groups excluding carboxylic acids is 1. The SMILES string of the molecule is CCN1CCN(c2ccccc2NC(=O)NC[C@H](C)c2ccccc2)CC1. The molecule has 0 aliphatic carbocycles. The highest BCUT2D eigenvalue weighted by Crippen LogP contribution is 2.26. The molecule has 0 radical (unpaired) electrons. The first-order chi connectivity index (χ1) is 13.2. The normalized spacial score (nSPS) is 16.0. The van der Waals surface area contributed by atoms with Crippen LogP contribution in [0.15, 0.2) is 54.6 Å². The van der Waals surface area contributed by atoms with E-state index in [9.17, 15) is 4.79 Å². The first kappa shape index (κ1) is 19.2. The van der Waals surface area contributed by atoms with Crippen molar-refractivity contribution in [3.05, 3.63) is 60.2 Å². The molecular weight excluding hydrogens is 336 g/mol. The maximum atomic E-state index is 12.4. The average Bonchev–Trinajstić information content (AvgIpc) is 2.73. The van der Waals surface area contributed by atoms with Crippen LogP contribution in [0.2, 0.25) is 0 Å². The molecule has 1 fully saturated rings. The molecule has 2 amide bonds. The highest BCUT2D eigenvalue weighted by Gasteiger charge is 2.18. The molecule has 5 heteroatoms. The topological polar surface area (TPSA) is 47.6 Å². The van der Waals surface area contributed by atoms with Crippen LogP contribution >= 0.6 is 0 Å². The second-order valence-electron chi connectivity index (χ2n) is 7.09. The van der Waals surface area contributed by atoms with Gasteiger partial charge in [-0.05, 0) is 30.2 Å². The van der Waals surface area contributed by atoms with Crippen LogP contribution in [0, 0.1) is 0 Å². The molecule has 3 rings (SSSR count). The fourth-order valence-corrected chi connectivity index (χ4v) is 3.47. The third-order valence-corrected chi connectivity index (χ3v) is 5.25. The van der Waals surface area contributed by atoms with E-state index >= 15 is 0 Å². The van der Waals surface area contributed by atoms with Gasteiger partial charge in [-0.3, -0.25) is 0 Å². The number of nitrogens with one attached hydrogen (secondary N) is 2. The number of urea groups is 1. The van der Waals surface area contributed by atoms with Gasteiger partial charge in [0.05, 0.1) is 11.4 Å². The molecule has 0 spiro atoms. The zero-order chi connectivity index (χ0) is 19.1. The number of anilines is 2.